The summed E-state index contributed by atoms with van der Waals surface area (Å²) in [4.78, 5) is 16.7. The SMILES string of the molecule is CO/N=C1\C(Cn2c[n+](Cc3cc(C)c(OC(C)=O)c(C)c3)cn2)[C@H](COc2ccc(OC(F)(F)F)cc2)CCC1(C)C.[Br-]. The molecule has 2 atom stereocenters. The van der Waals surface area contributed by atoms with Crippen LogP contribution in [0.2, 0.25) is 0 Å². The van der Waals surface area contributed by atoms with Crippen molar-refractivity contribution in [2.75, 3.05) is 13.7 Å². The van der Waals surface area contributed by atoms with Crippen LogP contribution in [0.1, 0.15) is 50.3 Å². The van der Waals surface area contributed by atoms with Gasteiger partial charge in [-0.1, -0.05) is 19.0 Å². The summed E-state index contributed by atoms with van der Waals surface area (Å²) in [5.41, 5.74) is 3.53. The lowest BCUT2D eigenvalue weighted by atomic mass is 9.65. The van der Waals surface area contributed by atoms with Gasteiger partial charge in [-0.05, 0) is 79.8 Å². The van der Waals surface area contributed by atoms with E-state index in [4.69, 9.17) is 14.3 Å². The van der Waals surface area contributed by atoms with Crippen molar-refractivity contribution in [2.24, 2.45) is 22.4 Å². The maximum atomic E-state index is 12.5. The van der Waals surface area contributed by atoms with Crippen molar-refractivity contribution in [3.05, 3.63) is 65.7 Å². The van der Waals surface area contributed by atoms with Crippen LogP contribution in [0, 0.1) is 31.1 Å². The maximum Gasteiger partial charge on any atom is 0.573 e. The van der Waals surface area contributed by atoms with E-state index in [-0.39, 0.29) is 46.0 Å². The van der Waals surface area contributed by atoms with Crippen LogP contribution in [0.15, 0.2) is 54.2 Å². The third-order valence-corrected chi connectivity index (χ3v) is 7.61. The Labute approximate surface area is 265 Å². The predicted octanol–water partition coefficient (Wildman–Crippen LogP) is 2.80. The topological polar surface area (TPSA) is 88.1 Å². The number of carbonyl (C=O) groups excluding carboxylic acids is 1. The van der Waals surface area contributed by atoms with Crippen molar-refractivity contribution in [3.8, 4) is 17.2 Å². The third kappa shape index (κ3) is 9.20. The summed E-state index contributed by atoms with van der Waals surface area (Å²) >= 11 is 0. The molecule has 0 spiro atoms. The van der Waals surface area contributed by atoms with E-state index in [0.717, 1.165) is 35.2 Å². The largest absolute Gasteiger partial charge is 1.00 e. The molecule has 9 nitrogen and oxygen atoms in total. The summed E-state index contributed by atoms with van der Waals surface area (Å²) in [5.74, 6) is 0.381. The molecule has 3 aromatic rings. The van der Waals surface area contributed by atoms with E-state index in [9.17, 15) is 18.0 Å². The molecule has 1 aliphatic rings. The van der Waals surface area contributed by atoms with Gasteiger partial charge in [0.05, 0.1) is 18.9 Å². The van der Waals surface area contributed by atoms with Gasteiger partial charge in [-0.25, -0.2) is 4.57 Å². The molecule has 13 heteroatoms. The molecule has 1 heterocycles. The normalized spacial score (nSPS) is 18.8. The third-order valence-electron chi connectivity index (χ3n) is 7.61. The number of oxime groups is 1. The Morgan fingerprint density at radius 1 is 1.14 bits per heavy atom. The fourth-order valence-corrected chi connectivity index (χ4v) is 5.65. The monoisotopic (exact) mass is 682 g/mol. The number of aryl methyl sites for hydroxylation is 2. The summed E-state index contributed by atoms with van der Waals surface area (Å²) in [6.07, 6.45) is 0.694. The number of carbonyl (C=O) groups is 1. The molecule has 0 amide bonds. The van der Waals surface area contributed by atoms with Crippen LogP contribution in [-0.4, -0.2) is 41.5 Å². The number of nitrogens with zero attached hydrogens (tertiary/aromatic N) is 4. The van der Waals surface area contributed by atoms with E-state index in [1.165, 1.54) is 38.3 Å². The van der Waals surface area contributed by atoms with Gasteiger partial charge in [0.15, 0.2) is 0 Å². The minimum Gasteiger partial charge on any atom is -1.00 e. The van der Waals surface area contributed by atoms with Crippen LogP contribution in [0.25, 0.3) is 0 Å². The number of halogens is 4. The Morgan fingerprint density at radius 2 is 1.77 bits per heavy atom. The van der Waals surface area contributed by atoms with Crippen LogP contribution < -0.4 is 35.8 Å². The zero-order chi connectivity index (χ0) is 31.4. The molecule has 1 unspecified atom stereocenters. The van der Waals surface area contributed by atoms with Crippen molar-refractivity contribution in [1.82, 2.24) is 9.78 Å². The van der Waals surface area contributed by atoms with Crippen molar-refractivity contribution in [1.29, 1.82) is 0 Å². The molecule has 1 aromatic heterocycles. The van der Waals surface area contributed by atoms with E-state index >= 15 is 0 Å². The molecule has 0 aliphatic heterocycles. The second-order valence-corrected chi connectivity index (χ2v) is 11.6. The molecule has 2 aromatic carbocycles. The van der Waals surface area contributed by atoms with Crippen molar-refractivity contribution >= 4 is 11.7 Å². The number of hydrogen-bond donors (Lipinski definition) is 0. The highest BCUT2D eigenvalue weighted by atomic mass is 79.9. The van der Waals surface area contributed by atoms with Gasteiger partial charge in [-0.3, -0.25) is 4.79 Å². The first-order chi connectivity index (χ1) is 20.2. The molecule has 0 N–H and O–H groups in total. The fourth-order valence-electron chi connectivity index (χ4n) is 5.65. The first-order valence-electron chi connectivity index (χ1n) is 14.0. The number of hydrogen-bond acceptors (Lipinski definition) is 7. The minimum atomic E-state index is -4.75. The fraction of sp³-hybridized carbons (Fsp3) is 0.484. The first kappa shape index (κ1) is 34.9. The van der Waals surface area contributed by atoms with Gasteiger partial charge in [0.25, 0.3) is 6.33 Å². The highest BCUT2D eigenvalue weighted by molar-refractivity contribution is 5.92. The average molecular weight is 684 g/mol. The zero-order valence-electron chi connectivity index (χ0n) is 25.7. The van der Waals surface area contributed by atoms with Crippen molar-refractivity contribution < 1.29 is 58.6 Å². The van der Waals surface area contributed by atoms with Gasteiger partial charge in [0.2, 0.25) is 6.33 Å². The second-order valence-electron chi connectivity index (χ2n) is 11.6. The number of ether oxygens (including phenoxy) is 3. The molecule has 1 saturated carbocycles. The maximum absolute atomic E-state index is 12.5. The number of benzene rings is 2. The van der Waals surface area contributed by atoms with Crippen LogP contribution in [0.5, 0.6) is 17.2 Å². The summed E-state index contributed by atoms with van der Waals surface area (Å²) in [6, 6.07) is 9.39. The van der Waals surface area contributed by atoms with E-state index in [0.29, 0.717) is 31.2 Å². The molecular weight excluding hydrogens is 645 g/mol. The Kier molecular flexibility index (Phi) is 11.5. The highest BCUT2D eigenvalue weighted by Crippen LogP contribution is 2.41. The number of aromatic nitrogens is 3. The number of rotatable bonds is 10. The predicted molar refractivity (Wildman–Crippen MR) is 152 cm³/mol. The molecule has 240 valence electrons. The Balaban J connectivity index is 0.00000529. The lowest BCUT2D eigenvalue weighted by Gasteiger charge is -2.40. The number of alkyl halides is 3. The van der Waals surface area contributed by atoms with Crippen molar-refractivity contribution in [2.45, 2.75) is 66.9 Å². The minimum absolute atomic E-state index is 0. The lowest BCUT2D eigenvalue weighted by Crippen LogP contribution is -3.00. The van der Waals surface area contributed by atoms with E-state index in [2.05, 4.69) is 28.8 Å². The van der Waals surface area contributed by atoms with Crippen LogP contribution in [-0.2, 0) is 22.7 Å². The van der Waals surface area contributed by atoms with Crippen LogP contribution in [0.3, 0.4) is 0 Å². The van der Waals surface area contributed by atoms with Crippen molar-refractivity contribution in [3.63, 3.8) is 0 Å². The summed E-state index contributed by atoms with van der Waals surface area (Å²) < 4.78 is 56.7. The van der Waals surface area contributed by atoms with E-state index < -0.39 is 6.36 Å². The number of esters is 1. The first-order valence-corrected chi connectivity index (χ1v) is 14.0. The molecular formula is C31H38BrF3N4O5. The van der Waals surface area contributed by atoms with E-state index in [1.54, 1.807) is 6.33 Å². The average Bonchev–Trinajstić information content (AvgIpc) is 3.34. The quantitative estimate of drug-likeness (QED) is 0.142. The summed E-state index contributed by atoms with van der Waals surface area (Å²) in [7, 11) is 1.53. The van der Waals surface area contributed by atoms with Gasteiger partial charge in [0, 0.05) is 29.3 Å². The molecule has 0 radical (unpaired) electrons. The van der Waals surface area contributed by atoms with Gasteiger partial charge < -0.3 is 36.0 Å². The van der Waals surface area contributed by atoms with Crippen LogP contribution >= 0.6 is 0 Å². The lowest BCUT2D eigenvalue weighted by molar-refractivity contribution is -0.689. The zero-order valence-corrected chi connectivity index (χ0v) is 27.2. The summed E-state index contributed by atoms with van der Waals surface area (Å²) in [6.45, 7) is 11.0. The molecule has 1 aliphatic carbocycles. The Morgan fingerprint density at radius 3 is 2.36 bits per heavy atom. The van der Waals surface area contributed by atoms with Gasteiger partial charge >= 0.3 is 12.3 Å². The molecule has 4 rings (SSSR count). The standard InChI is InChI=1S/C31H38F3N4O5.BrH/c1-20-13-23(14-21(2)28(20)42-22(3)39)15-37-18-35-38(19-37)16-27-24(11-12-30(4,5)29(27)36-40-6)17-41-25-7-9-26(10-8-25)43-31(32,33)34;/h7-10,13-14,18-19,24,27H,11-12,15-17H2,1-6H3;1H/q+1;/p-1/b36-29+;/t24-,27?;/m0./s1. The van der Waals surface area contributed by atoms with Gasteiger partial charge in [-0.2, -0.15) is 0 Å². The van der Waals surface area contributed by atoms with Gasteiger partial charge in [0.1, 0.15) is 30.9 Å². The molecule has 1 fully saturated rings. The molecule has 0 bridgehead atoms. The second kappa shape index (κ2) is 14.4. The Bertz CT molecular complexity index is 1430. The summed E-state index contributed by atoms with van der Waals surface area (Å²) in [5, 5.41) is 9.05. The Hall–Kier alpha value is -3.61. The molecule has 0 saturated heterocycles. The van der Waals surface area contributed by atoms with Gasteiger partial charge in [-0.15, -0.1) is 17.9 Å². The smallest absolute Gasteiger partial charge is 0.573 e. The van der Waals surface area contributed by atoms with E-state index in [1.807, 2.05) is 41.6 Å². The highest BCUT2D eigenvalue weighted by Gasteiger charge is 2.43. The molecule has 44 heavy (non-hydrogen) atoms. The van der Waals surface area contributed by atoms with Crippen LogP contribution in [0.4, 0.5) is 13.2 Å².